The van der Waals surface area contributed by atoms with Gasteiger partial charge in [0, 0.05) is 30.5 Å². The Hall–Kier alpha value is -2.33. The fraction of sp³-hybridized carbons (Fsp3) is 0.391. The zero-order valence-electron chi connectivity index (χ0n) is 16.8. The minimum atomic E-state index is -0.581. The Bertz CT molecular complexity index is 777. The van der Waals surface area contributed by atoms with Gasteiger partial charge in [0.05, 0.1) is 0 Å². The second-order valence-corrected chi connectivity index (χ2v) is 7.71. The van der Waals surface area contributed by atoms with Crippen LogP contribution in [0.15, 0.2) is 54.6 Å². The molecule has 0 aromatic heterocycles. The van der Waals surface area contributed by atoms with E-state index in [-0.39, 0.29) is 17.9 Å². The summed E-state index contributed by atoms with van der Waals surface area (Å²) in [6.45, 7) is 6.16. The number of halogens is 1. The molecule has 150 valence electrons. The van der Waals surface area contributed by atoms with E-state index in [1.54, 1.807) is 11.0 Å². The molecule has 2 rings (SSSR count). The average Bonchev–Trinajstić information content (AvgIpc) is 2.65. The molecule has 2 amide bonds. The van der Waals surface area contributed by atoms with Gasteiger partial charge in [0.2, 0.25) is 11.8 Å². The first-order valence-corrected chi connectivity index (χ1v) is 10.2. The van der Waals surface area contributed by atoms with Crippen LogP contribution >= 0.6 is 11.6 Å². The van der Waals surface area contributed by atoms with Gasteiger partial charge in [0.1, 0.15) is 6.04 Å². The number of nitrogens with zero attached hydrogens (tertiary/aromatic N) is 1. The first-order valence-electron chi connectivity index (χ1n) is 9.79. The fourth-order valence-corrected chi connectivity index (χ4v) is 3.34. The van der Waals surface area contributed by atoms with Crippen molar-refractivity contribution in [2.45, 2.75) is 58.7 Å². The summed E-state index contributed by atoms with van der Waals surface area (Å²) in [5.41, 5.74) is 1.93. The van der Waals surface area contributed by atoms with E-state index < -0.39 is 6.04 Å². The molecule has 0 aliphatic carbocycles. The number of hydrogen-bond acceptors (Lipinski definition) is 2. The standard InChI is InChI=1S/C23H29ClN2O2/c1-4-9-22(27)26(16-19-12-8-13-20(24)14-19)21(23(28)25-17(2)3)15-18-10-6-5-7-11-18/h5-8,10-14,17,21H,4,9,15-16H2,1-3H3,(H,25,28). The number of nitrogens with one attached hydrogen (secondary N) is 1. The number of benzene rings is 2. The van der Waals surface area contributed by atoms with Gasteiger partial charge in [0.15, 0.2) is 0 Å². The number of amides is 2. The molecule has 0 saturated carbocycles. The second-order valence-electron chi connectivity index (χ2n) is 7.27. The molecule has 0 radical (unpaired) electrons. The van der Waals surface area contributed by atoms with Gasteiger partial charge in [-0.05, 0) is 43.5 Å². The lowest BCUT2D eigenvalue weighted by Gasteiger charge is -2.32. The van der Waals surface area contributed by atoms with E-state index >= 15 is 0 Å². The molecule has 0 spiro atoms. The molecule has 0 heterocycles. The van der Waals surface area contributed by atoms with Gasteiger partial charge in [-0.15, -0.1) is 0 Å². The van der Waals surface area contributed by atoms with Crippen LogP contribution < -0.4 is 5.32 Å². The molecular formula is C23H29ClN2O2. The highest BCUT2D eigenvalue weighted by atomic mass is 35.5. The van der Waals surface area contributed by atoms with Crippen molar-refractivity contribution in [3.05, 3.63) is 70.7 Å². The Morgan fingerprint density at radius 1 is 1.04 bits per heavy atom. The van der Waals surface area contributed by atoms with Crippen molar-refractivity contribution in [1.82, 2.24) is 10.2 Å². The van der Waals surface area contributed by atoms with Crippen LogP contribution in [0.1, 0.15) is 44.7 Å². The van der Waals surface area contributed by atoms with E-state index in [1.165, 1.54) is 0 Å². The molecule has 2 aromatic carbocycles. The van der Waals surface area contributed by atoms with Crippen LogP contribution in [-0.4, -0.2) is 28.8 Å². The second kappa shape index (κ2) is 10.9. The smallest absolute Gasteiger partial charge is 0.243 e. The Labute approximate surface area is 172 Å². The van der Waals surface area contributed by atoms with Crippen molar-refractivity contribution in [1.29, 1.82) is 0 Å². The average molecular weight is 401 g/mol. The number of carbonyl (C=O) groups excluding carboxylic acids is 2. The molecule has 0 saturated heterocycles. The minimum Gasteiger partial charge on any atom is -0.352 e. The van der Waals surface area contributed by atoms with Crippen LogP contribution in [-0.2, 0) is 22.6 Å². The van der Waals surface area contributed by atoms with E-state index in [2.05, 4.69) is 5.32 Å². The topological polar surface area (TPSA) is 49.4 Å². The van der Waals surface area contributed by atoms with Crippen molar-refractivity contribution in [2.24, 2.45) is 0 Å². The molecule has 1 atom stereocenters. The summed E-state index contributed by atoms with van der Waals surface area (Å²) in [4.78, 5) is 27.7. The lowest BCUT2D eigenvalue weighted by Crippen LogP contribution is -2.51. The van der Waals surface area contributed by atoms with Gasteiger partial charge in [-0.1, -0.05) is 61.0 Å². The largest absolute Gasteiger partial charge is 0.352 e. The van der Waals surface area contributed by atoms with Gasteiger partial charge in [-0.2, -0.15) is 0 Å². The highest BCUT2D eigenvalue weighted by molar-refractivity contribution is 6.30. The molecule has 5 heteroatoms. The third-order valence-corrected chi connectivity index (χ3v) is 4.64. The highest BCUT2D eigenvalue weighted by Gasteiger charge is 2.30. The lowest BCUT2D eigenvalue weighted by atomic mass is 10.0. The maximum absolute atomic E-state index is 13.0. The molecule has 28 heavy (non-hydrogen) atoms. The van der Waals surface area contributed by atoms with Crippen molar-refractivity contribution >= 4 is 23.4 Å². The van der Waals surface area contributed by atoms with E-state index in [4.69, 9.17) is 11.6 Å². The Morgan fingerprint density at radius 3 is 2.32 bits per heavy atom. The summed E-state index contributed by atoms with van der Waals surface area (Å²) in [5, 5.41) is 3.60. The summed E-state index contributed by atoms with van der Waals surface area (Å²) in [5.74, 6) is -0.160. The van der Waals surface area contributed by atoms with Gasteiger partial charge < -0.3 is 10.2 Å². The van der Waals surface area contributed by atoms with Crippen molar-refractivity contribution in [3.63, 3.8) is 0 Å². The summed E-state index contributed by atoms with van der Waals surface area (Å²) < 4.78 is 0. The van der Waals surface area contributed by atoms with Gasteiger partial charge in [0.25, 0.3) is 0 Å². The summed E-state index contributed by atoms with van der Waals surface area (Å²) in [7, 11) is 0. The Kier molecular flexibility index (Phi) is 8.52. The monoisotopic (exact) mass is 400 g/mol. The van der Waals surface area contributed by atoms with E-state index in [9.17, 15) is 9.59 Å². The summed E-state index contributed by atoms with van der Waals surface area (Å²) in [6.07, 6.45) is 1.60. The minimum absolute atomic E-state index is 0.0000651. The first kappa shape index (κ1) is 22.0. The Balaban J connectivity index is 2.37. The van der Waals surface area contributed by atoms with Gasteiger partial charge in [-0.3, -0.25) is 9.59 Å². The number of carbonyl (C=O) groups is 2. The van der Waals surface area contributed by atoms with Crippen molar-refractivity contribution in [3.8, 4) is 0 Å². The molecule has 0 bridgehead atoms. The van der Waals surface area contributed by atoms with Gasteiger partial charge >= 0.3 is 0 Å². The maximum Gasteiger partial charge on any atom is 0.243 e. The quantitative estimate of drug-likeness (QED) is 0.668. The maximum atomic E-state index is 13.0. The van der Waals surface area contributed by atoms with Crippen LogP contribution in [0.25, 0.3) is 0 Å². The molecule has 0 aliphatic rings. The lowest BCUT2D eigenvalue weighted by molar-refractivity contribution is -0.141. The van der Waals surface area contributed by atoms with Crippen LogP contribution in [0.5, 0.6) is 0 Å². The Morgan fingerprint density at radius 2 is 1.71 bits per heavy atom. The SMILES string of the molecule is CCCC(=O)N(Cc1cccc(Cl)c1)C(Cc1ccccc1)C(=O)NC(C)C. The molecule has 1 unspecified atom stereocenters. The zero-order chi connectivity index (χ0) is 20.5. The van der Waals surface area contributed by atoms with Gasteiger partial charge in [-0.25, -0.2) is 0 Å². The molecule has 1 N–H and O–H groups in total. The van der Waals surface area contributed by atoms with Crippen molar-refractivity contribution in [2.75, 3.05) is 0 Å². The van der Waals surface area contributed by atoms with E-state index in [1.807, 2.05) is 69.3 Å². The number of hydrogen-bond donors (Lipinski definition) is 1. The van der Waals surface area contributed by atoms with Crippen LogP contribution in [0, 0.1) is 0 Å². The van der Waals surface area contributed by atoms with Crippen LogP contribution in [0.2, 0.25) is 5.02 Å². The first-order chi connectivity index (χ1) is 13.4. The van der Waals surface area contributed by atoms with Crippen molar-refractivity contribution < 1.29 is 9.59 Å². The fourth-order valence-electron chi connectivity index (χ4n) is 3.12. The predicted molar refractivity (Wildman–Crippen MR) is 114 cm³/mol. The van der Waals surface area contributed by atoms with Crippen LogP contribution in [0.3, 0.4) is 0 Å². The molecule has 4 nitrogen and oxygen atoms in total. The molecule has 0 aliphatic heterocycles. The molecular weight excluding hydrogens is 372 g/mol. The highest BCUT2D eigenvalue weighted by Crippen LogP contribution is 2.18. The predicted octanol–water partition coefficient (Wildman–Crippen LogP) is 4.60. The molecule has 2 aromatic rings. The summed E-state index contributed by atoms with van der Waals surface area (Å²) >= 11 is 6.13. The molecule has 0 fully saturated rings. The normalized spacial score (nSPS) is 11.9. The number of rotatable bonds is 9. The third-order valence-electron chi connectivity index (χ3n) is 4.41. The van der Waals surface area contributed by atoms with Crippen LogP contribution in [0.4, 0.5) is 0 Å². The third kappa shape index (κ3) is 6.68. The van der Waals surface area contributed by atoms with E-state index in [0.717, 1.165) is 17.5 Å². The summed E-state index contributed by atoms with van der Waals surface area (Å²) in [6, 6.07) is 16.7. The zero-order valence-corrected chi connectivity index (χ0v) is 17.6. The van der Waals surface area contributed by atoms with E-state index in [0.29, 0.717) is 24.4 Å².